The minimum Gasteiger partial charge on any atom is -0.335 e. The SMILES string of the molecule is Cl.O=C1CCC(N2Cc3cc(CNC(=O)NC4CCNCC4)ccc3C2=O)C(=O)N1. The van der Waals surface area contributed by atoms with Crippen molar-refractivity contribution in [1.29, 1.82) is 0 Å². The van der Waals surface area contributed by atoms with Gasteiger partial charge in [0, 0.05) is 31.1 Å². The number of carbonyl (C=O) groups is 4. The molecular weight excluding hydrogens is 410 g/mol. The second-order valence-corrected chi connectivity index (χ2v) is 7.74. The molecule has 30 heavy (non-hydrogen) atoms. The minimum absolute atomic E-state index is 0. The quantitative estimate of drug-likeness (QED) is 0.511. The number of hydrogen-bond donors (Lipinski definition) is 4. The Balaban J connectivity index is 0.00000256. The Labute approximate surface area is 180 Å². The molecule has 1 atom stereocenters. The topological polar surface area (TPSA) is 120 Å². The lowest BCUT2D eigenvalue weighted by molar-refractivity contribution is -0.136. The van der Waals surface area contributed by atoms with Crippen molar-refractivity contribution in [1.82, 2.24) is 26.2 Å². The van der Waals surface area contributed by atoms with Crippen molar-refractivity contribution in [3.05, 3.63) is 34.9 Å². The van der Waals surface area contributed by atoms with Gasteiger partial charge in [0.05, 0.1) is 0 Å². The number of halogens is 1. The standard InChI is InChI=1S/C20H25N5O4.ClH/c26-17-4-3-16(18(27)24-17)25-11-13-9-12(1-2-15(13)19(25)28)10-22-20(29)23-14-5-7-21-8-6-14;/h1-2,9,14,16,21H,3-8,10-11H2,(H2,22,23,29)(H,24,26,27);1H. The first kappa shape index (κ1) is 22.0. The Morgan fingerprint density at radius 3 is 2.63 bits per heavy atom. The monoisotopic (exact) mass is 435 g/mol. The number of imide groups is 1. The molecule has 0 radical (unpaired) electrons. The number of benzene rings is 1. The highest BCUT2D eigenvalue weighted by Gasteiger charge is 2.39. The van der Waals surface area contributed by atoms with Crippen LogP contribution >= 0.6 is 12.4 Å². The molecule has 2 fully saturated rings. The van der Waals surface area contributed by atoms with E-state index >= 15 is 0 Å². The van der Waals surface area contributed by atoms with E-state index in [-0.39, 0.29) is 42.7 Å². The molecule has 10 heteroatoms. The molecule has 1 aromatic rings. The second-order valence-electron chi connectivity index (χ2n) is 7.74. The molecule has 0 spiro atoms. The van der Waals surface area contributed by atoms with Crippen LogP contribution in [-0.2, 0) is 22.7 Å². The summed E-state index contributed by atoms with van der Waals surface area (Å²) in [6, 6.07) is 4.82. The van der Waals surface area contributed by atoms with Crippen LogP contribution in [0.15, 0.2) is 18.2 Å². The zero-order valence-corrected chi connectivity index (χ0v) is 17.3. The fourth-order valence-electron chi connectivity index (χ4n) is 4.12. The molecule has 2 saturated heterocycles. The van der Waals surface area contributed by atoms with E-state index in [1.54, 1.807) is 6.07 Å². The molecule has 3 aliphatic rings. The van der Waals surface area contributed by atoms with Crippen LogP contribution in [0.3, 0.4) is 0 Å². The summed E-state index contributed by atoms with van der Waals surface area (Å²) in [5.41, 5.74) is 2.29. The number of nitrogens with one attached hydrogen (secondary N) is 4. The second kappa shape index (κ2) is 9.44. The summed E-state index contributed by atoms with van der Waals surface area (Å²) in [5.74, 6) is -0.914. The molecule has 1 unspecified atom stereocenters. The summed E-state index contributed by atoms with van der Waals surface area (Å²) >= 11 is 0. The van der Waals surface area contributed by atoms with Gasteiger partial charge < -0.3 is 20.9 Å². The average molecular weight is 436 g/mol. The summed E-state index contributed by atoms with van der Waals surface area (Å²) in [7, 11) is 0. The van der Waals surface area contributed by atoms with E-state index in [0.29, 0.717) is 25.1 Å². The largest absolute Gasteiger partial charge is 0.335 e. The van der Waals surface area contributed by atoms with Crippen LogP contribution < -0.4 is 21.3 Å². The Morgan fingerprint density at radius 1 is 1.13 bits per heavy atom. The van der Waals surface area contributed by atoms with Gasteiger partial charge in [-0.2, -0.15) is 0 Å². The van der Waals surface area contributed by atoms with E-state index in [2.05, 4.69) is 21.3 Å². The third-order valence-electron chi connectivity index (χ3n) is 5.72. The number of nitrogens with zero attached hydrogens (tertiary/aromatic N) is 1. The molecular formula is C20H26ClN5O4. The average Bonchev–Trinajstić information content (AvgIpc) is 3.03. The van der Waals surface area contributed by atoms with Crippen molar-refractivity contribution in [2.75, 3.05) is 13.1 Å². The first-order valence-corrected chi connectivity index (χ1v) is 10.0. The van der Waals surface area contributed by atoms with Crippen molar-refractivity contribution < 1.29 is 19.2 Å². The van der Waals surface area contributed by atoms with E-state index in [4.69, 9.17) is 0 Å². The maximum atomic E-state index is 12.7. The van der Waals surface area contributed by atoms with Gasteiger partial charge in [-0.1, -0.05) is 12.1 Å². The molecule has 3 aliphatic heterocycles. The van der Waals surface area contributed by atoms with E-state index < -0.39 is 11.9 Å². The maximum Gasteiger partial charge on any atom is 0.315 e. The van der Waals surface area contributed by atoms with Gasteiger partial charge in [-0.05, 0) is 49.5 Å². The highest BCUT2D eigenvalue weighted by atomic mass is 35.5. The molecule has 5 amide bonds. The predicted octanol–water partition coefficient (Wildman–Crippen LogP) is 0.421. The normalized spacial score (nSPS) is 21.5. The van der Waals surface area contributed by atoms with Gasteiger partial charge in [-0.3, -0.25) is 19.7 Å². The third-order valence-corrected chi connectivity index (χ3v) is 5.72. The molecule has 0 saturated carbocycles. The van der Waals surface area contributed by atoms with Crippen LogP contribution in [0.1, 0.15) is 47.2 Å². The summed E-state index contributed by atoms with van der Waals surface area (Å²) in [6.45, 7) is 2.51. The highest BCUT2D eigenvalue weighted by Crippen LogP contribution is 2.28. The van der Waals surface area contributed by atoms with Gasteiger partial charge in [0.2, 0.25) is 11.8 Å². The molecule has 0 bridgehead atoms. The van der Waals surface area contributed by atoms with Crippen molar-refractivity contribution in [3.63, 3.8) is 0 Å². The lowest BCUT2D eigenvalue weighted by Crippen LogP contribution is -2.52. The van der Waals surface area contributed by atoms with Crippen LogP contribution in [0.4, 0.5) is 4.79 Å². The zero-order chi connectivity index (χ0) is 20.4. The molecule has 4 N–H and O–H groups in total. The Morgan fingerprint density at radius 2 is 1.90 bits per heavy atom. The fourth-order valence-corrected chi connectivity index (χ4v) is 4.12. The van der Waals surface area contributed by atoms with Crippen molar-refractivity contribution in [3.8, 4) is 0 Å². The number of carbonyl (C=O) groups excluding carboxylic acids is 4. The lowest BCUT2D eigenvalue weighted by Gasteiger charge is -2.29. The zero-order valence-electron chi connectivity index (χ0n) is 16.5. The molecule has 162 valence electrons. The van der Waals surface area contributed by atoms with Crippen molar-refractivity contribution >= 4 is 36.2 Å². The number of rotatable bonds is 4. The molecule has 0 aliphatic carbocycles. The number of hydrogen-bond acceptors (Lipinski definition) is 5. The van der Waals surface area contributed by atoms with E-state index in [0.717, 1.165) is 37.1 Å². The van der Waals surface area contributed by atoms with Crippen molar-refractivity contribution in [2.45, 2.75) is 50.9 Å². The Hall–Kier alpha value is -2.65. The van der Waals surface area contributed by atoms with Crippen molar-refractivity contribution in [2.24, 2.45) is 0 Å². The number of fused-ring (bicyclic) bond motifs is 1. The van der Waals surface area contributed by atoms with Gasteiger partial charge >= 0.3 is 6.03 Å². The number of amides is 5. The maximum absolute atomic E-state index is 12.7. The van der Waals surface area contributed by atoms with Crippen LogP contribution in [-0.4, -0.2) is 53.8 Å². The molecule has 1 aromatic carbocycles. The highest BCUT2D eigenvalue weighted by molar-refractivity contribution is 6.05. The van der Waals surface area contributed by atoms with Gasteiger partial charge in [0.1, 0.15) is 6.04 Å². The number of piperidine rings is 2. The van der Waals surface area contributed by atoms with Crippen LogP contribution in [0.2, 0.25) is 0 Å². The summed E-state index contributed by atoms with van der Waals surface area (Å²) in [4.78, 5) is 49.8. The third kappa shape index (κ3) is 4.73. The number of urea groups is 1. The lowest BCUT2D eigenvalue weighted by atomic mass is 10.0. The van der Waals surface area contributed by atoms with Gasteiger partial charge in [-0.15, -0.1) is 12.4 Å². The van der Waals surface area contributed by atoms with E-state index in [1.165, 1.54) is 4.90 Å². The Bertz CT molecular complexity index is 856. The first-order chi connectivity index (χ1) is 14.0. The first-order valence-electron chi connectivity index (χ1n) is 10.0. The van der Waals surface area contributed by atoms with Crippen LogP contribution in [0, 0.1) is 0 Å². The van der Waals surface area contributed by atoms with Gasteiger partial charge in [-0.25, -0.2) is 4.79 Å². The molecule has 0 aromatic heterocycles. The molecule has 3 heterocycles. The summed E-state index contributed by atoms with van der Waals surface area (Å²) < 4.78 is 0. The smallest absolute Gasteiger partial charge is 0.315 e. The van der Waals surface area contributed by atoms with Gasteiger partial charge in [0.15, 0.2) is 0 Å². The summed E-state index contributed by atoms with van der Waals surface area (Å²) in [5, 5.41) is 11.4. The minimum atomic E-state index is -0.620. The predicted molar refractivity (Wildman–Crippen MR) is 111 cm³/mol. The fraction of sp³-hybridized carbons (Fsp3) is 0.500. The summed E-state index contributed by atoms with van der Waals surface area (Å²) in [6.07, 6.45) is 2.42. The molecule has 4 rings (SSSR count). The van der Waals surface area contributed by atoms with E-state index in [1.807, 2.05) is 12.1 Å². The molecule has 9 nitrogen and oxygen atoms in total. The van der Waals surface area contributed by atoms with Gasteiger partial charge in [0.25, 0.3) is 5.91 Å². The Kier molecular flexibility index (Phi) is 6.94. The van der Waals surface area contributed by atoms with Crippen LogP contribution in [0.25, 0.3) is 0 Å². The van der Waals surface area contributed by atoms with Crippen LogP contribution in [0.5, 0.6) is 0 Å². The van der Waals surface area contributed by atoms with E-state index in [9.17, 15) is 19.2 Å².